The molecule has 0 amide bonds. The fraction of sp³-hybridized carbons (Fsp3) is 1.00. The molecule has 2 fully saturated rings. The van der Waals surface area contributed by atoms with Crippen LogP contribution >= 0.6 is 0 Å². The zero-order valence-corrected chi connectivity index (χ0v) is 12.7. The first-order chi connectivity index (χ1) is 9.10. The first kappa shape index (κ1) is 15.3. The molecular formula is C16H30O3. The summed E-state index contributed by atoms with van der Waals surface area (Å²) in [5.74, 6) is 2.10. The first-order valence-corrected chi connectivity index (χ1v) is 8.02. The summed E-state index contributed by atoms with van der Waals surface area (Å²) in [6, 6.07) is 0. The predicted octanol–water partition coefficient (Wildman–Crippen LogP) is 3.35. The highest BCUT2D eigenvalue weighted by Gasteiger charge is 2.34. The Morgan fingerprint density at radius 1 is 1.21 bits per heavy atom. The summed E-state index contributed by atoms with van der Waals surface area (Å²) < 4.78 is 12.1. The van der Waals surface area contributed by atoms with Crippen molar-refractivity contribution in [3.8, 4) is 0 Å². The van der Waals surface area contributed by atoms with E-state index in [4.69, 9.17) is 9.47 Å². The molecule has 3 heteroatoms. The Hall–Kier alpha value is -0.120. The van der Waals surface area contributed by atoms with Gasteiger partial charge in [0.05, 0.1) is 18.8 Å². The monoisotopic (exact) mass is 270 g/mol. The molecule has 0 aromatic carbocycles. The van der Waals surface area contributed by atoms with Gasteiger partial charge in [-0.1, -0.05) is 27.2 Å². The minimum atomic E-state index is -0.0950. The highest BCUT2D eigenvalue weighted by molar-refractivity contribution is 4.82. The molecule has 3 nitrogen and oxygen atoms in total. The van der Waals surface area contributed by atoms with Crippen molar-refractivity contribution in [1.82, 2.24) is 0 Å². The van der Waals surface area contributed by atoms with Gasteiger partial charge in [-0.25, -0.2) is 0 Å². The molecule has 0 aromatic rings. The number of hydrogen-bond donors (Lipinski definition) is 1. The molecule has 1 aliphatic heterocycles. The molecule has 1 saturated heterocycles. The molecule has 1 heterocycles. The average Bonchev–Trinajstić information content (AvgIpc) is 2.38. The largest absolute Gasteiger partial charge is 0.394 e. The molecule has 0 bridgehead atoms. The van der Waals surface area contributed by atoms with Gasteiger partial charge >= 0.3 is 0 Å². The molecular weight excluding hydrogens is 240 g/mol. The molecule has 0 aromatic heterocycles. The summed E-state index contributed by atoms with van der Waals surface area (Å²) in [4.78, 5) is 0. The van der Waals surface area contributed by atoms with Crippen molar-refractivity contribution < 1.29 is 14.6 Å². The van der Waals surface area contributed by atoms with E-state index in [2.05, 4.69) is 20.8 Å². The Morgan fingerprint density at radius 3 is 2.68 bits per heavy atom. The van der Waals surface area contributed by atoms with E-state index in [0.29, 0.717) is 17.9 Å². The van der Waals surface area contributed by atoms with Crippen molar-refractivity contribution in [2.24, 2.45) is 17.8 Å². The number of ether oxygens (including phenoxy) is 2. The van der Waals surface area contributed by atoms with E-state index in [-0.39, 0.29) is 19.0 Å². The second kappa shape index (κ2) is 7.05. The predicted molar refractivity (Wildman–Crippen MR) is 75.8 cm³/mol. The third-order valence-electron chi connectivity index (χ3n) is 4.80. The van der Waals surface area contributed by atoms with Gasteiger partial charge in [-0.15, -0.1) is 0 Å². The summed E-state index contributed by atoms with van der Waals surface area (Å²) in [7, 11) is 0. The minimum Gasteiger partial charge on any atom is -0.394 e. The molecule has 112 valence electrons. The van der Waals surface area contributed by atoms with Gasteiger partial charge in [-0.05, 0) is 49.9 Å². The lowest BCUT2D eigenvalue weighted by Crippen LogP contribution is -2.40. The van der Waals surface area contributed by atoms with Crippen LogP contribution in [0.15, 0.2) is 0 Å². The van der Waals surface area contributed by atoms with Crippen molar-refractivity contribution in [2.45, 2.75) is 77.8 Å². The summed E-state index contributed by atoms with van der Waals surface area (Å²) in [5, 5.41) is 9.22. The van der Waals surface area contributed by atoms with Crippen molar-refractivity contribution in [3.63, 3.8) is 0 Å². The molecule has 1 saturated carbocycles. The van der Waals surface area contributed by atoms with Crippen LogP contribution in [0.25, 0.3) is 0 Å². The minimum absolute atomic E-state index is 0.0164. The van der Waals surface area contributed by atoms with Crippen LogP contribution in [0.1, 0.15) is 59.3 Å². The smallest absolute Gasteiger partial charge is 0.158 e. The third kappa shape index (κ3) is 4.17. The number of aliphatic hydroxyl groups excluding tert-OH is 1. The maximum Gasteiger partial charge on any atom is 0.158 e. The summed E-state index contributed by atoms with van der Waals surface area (Å²) in [6.07, 6.45) is 7.03. The van der Waals surface area contributed by atoms with Gasteiger partial charge in [0.1, 0.15) is 0 Å². The molecule has 2 rings (SSSR count). The van der Waals surface area contributed by atoms with E-state index < -0.39 is 0 Å². The van der Waals surface area contributed by atoms with Gasteiger partial charge in [0.15, 0.2) is 6.29 Å². The number of aliphatic hydroxyl groups is 1. The van der Waals surface area contributed by atoms with Crippen molar-refractivity contribution in [2.75, 3.05) is 6.61 Å². The molecule has 5 atom stereocenters. The van der Waals surface area contributed by atoms with Crippen molar-refractivity contribution >= 4 is 0 Å². The van der Waals surface area contributed by atoms with E-state index in [1.807, 2.05) is 0 Å². The van der Waals surface area contributed by atoms with Crippen LogP contribution in [0, 0.1) is 17.8 Å². The molecule has 1 N–H and O–H groups in total. The van der Waals surface area contributed by atoms with E-state index in [1.165, 1.54) is 12.8 Å². The molecule has 0 spiro atoms. The van der Waals surface area contributed by atoms with Crippen molar-refractivity contribution in [3.05, 3.63) is 0 Å². The standard InChI is InChI=1S/C16H30O3/c1-11(2)14-8-7-12(3)9-15(14)19-16-6-4-5-13(10-17)18-16/h11-17H,4-10H2,1-3H3. The van der Waals surface area contributed by atoms with E-state index in [0.717, 1.165) is 31.6 Å². The molecule has 19 heavy (non-hydrogen) atoms. The summed E-state index contributed by atoms with van der Waals surface area (Å²) in [5.41, 5.74) is 0. The highest BCUT2D eigenvalue weighted by atomic mass is 16.7. The summed E-state index contributed by atoms with van der Waals surface area (Å²) in [6.45, 7) is 7.05. The SMILES string of the molecule is CC1CCC(C(C)C)C(OC2CCCC(CO)O2)C1. The van der Waals surface area contributed by atoms with Gasteiger partial charge in [-0.3, -0.25) is 0 Å². The fourth-order valence-corrected chi connectivity index (χ4v) is 3.56. The lowest BCUT2D eigenvalue weighted by molar-refractivity contribution is -0.237. The third-order valence-corrected chi connectivity index (χ3v) is 4.80. The number of rotatable bonds is 4. The Kier molecular flexibility index (Phi) is 5.67. The second-order valence-corrected chi connectivity index (χ2v) is 6.80. The van der Waals surface area contributed by atoms with E-state index >= 15 is 0 Å². The second-order valence-electron chi connectivity index (χ2n) is 6.80. The molecule has 1 aliphatic carbocycles. The highest BCUT2D eigenvalue weighted by Crippen LogP contribution is 2.37. The van der Waals surface area contributed by atoms with Crippen LogP contribution in [0.5, 0.6) is 0 Å². The van der Waals surface area contributed by atoms with E-state index in [9.17, 15) is 5.11 Å². The topological polar surface area (TPSA) is 38.7 Å². The van der Waals surface area contributed by atoms with E-state index in [1.54, 1.807) is 0 Å². The van der Waals surface area contributed by atoms with Crippen molar-refractivity contribution in [1.29, 1.82) is 0 Å². The Morgan fingerprint density at radius 2 is 2.00 bits per heavy atom. The van der Waals surface area contributed by atoms with Crippen LogP contribution in [-0.4, -0.2) is 30.2 Å². The van der Waals surface area contributed by atoms with Gasteiger partial charge in [-0.2, -0.15) is 0 Å². The van der Waals surface area contributed by atoms with Crippen LogP contribution < -0.4 is 0 Å². The van der Waals surface area contributed by atoms with Crippen LogP contribution in [0.2, 0.25) is 0 Å². The van der Waals surface area contributed by atoms with Crippen LogP contribution in [-0.2, 0) is 9.47 Å². The lowest BCUT2D eigenvalue weighted by atomic mass is 9.75. The maximum atomic E-state index is 9.22. The van der Waals surface area contributed by atoms with Crippen LogP contribution in [0.4, 0.5) is 0 Å². The molecule has 5 unspecified atom stereocenters. The Labute approximate surface area is 117 Å². The molecule has 2 aliphatic rings. The van der Waals surface area contributed by atoms with Gasteiger partial charge < -0.3 is 14.6 Å². The summed E-state index contributed by atoms with van der Waals surface area (Å²) >= 11 is 0. The lowest BCUT2D eigenvalue weighted by Gasteiger charge is -2.40. The average molecular weight is 270 g/mol. The van der Waals surface area contributed by atoms with Gasteiger partial charge in [0.25, 0.3) is 0 Å². The van der Waals surface area contributed by atoms with Crippen LogP contribution in [0.3, 0.4) is 0 Å². The Bertz CT molecular complexity index is 267. The fourth-order valence-electron chi connectivity index (χ4n) is 3.56. The van der Waals surface area contributed by atoms with Gasteiger partial charge in [0, 0.05) is 0 Å². The molecule has 0 radical (unpaired) electrons. The van der Waals surface area contributed by atoms with Gasteiger partial charge in [0.2, 0.25) is 0 Å². The quantitative estimate of drug-likeness (QED) is 0.851. The maximum absolute atomic E-state index is 9.22. The zero-order valence-electron chi connectivity index (χ0n) is 12.7. The number of hydrogen-bond acceptors (Lipinski definition) is 3. The normalized spacial score (nSPS) is 40.6. The first-order valence-electron chi connectivity index (χ1n) is 8.02. The zero-order chi connectivity index (χ0) is 13.8. The Balaban J connectivity index is 1.90.